The smallest absolute Gasteiger partial charge is 0.296 e. The van der Waals surface area contributed by atoms with Gasteiger partial charge in [-0.15, -0.1) is 0 Å². The van der Waals surface area contributed by atoms with Gasteiger partial charge >= 0.3 is 0 Å². The molecule has 0 aliphatic rings. The minimum absolute atomic E-state index is 0.0131. The number of carboxylic acid groups (broad SMARTS) is 1. The molecular formula is C5H5BN2O2. The summed E-state index contributed by atoms with van der Waals surface area (Å²) in [5.74, 6) is -0.866. The molecule has 0 aliphatic heterocycles. The Morgan fingerprint density at radius 2 is 2.10 bits per heavy atom. The van der Waals surface area contributed by atoms with Crippen LogP contribution < -0.4 is 5.46 Å². The molecule has 1 aromatic heterocycles. The van der Waals surface area contributed by atoms with Crippen LogP contribution in [0.3, 0.4) is 0 Å². The predicted molar refractivity (Wildman–Crippen MR) is 36.8 cm³/mol. The summed E-state index contributed by atoms with van der Waals surface area (Å²) >= 11 is 0. The van der Waals surface area contributed by atoms with Crippen LogP contribution in [0.2, 0.25) is 0 Å². The average molecular weight is 136 g/mol. The van der Waals surface area contributed by atoms with E-state index in [0.29, 0.717) is 5.46 Å². The lowest BCUT2D eigenvalue weighted by molar-refractivity contribution is 0.220. The highest BCUT2D eigenvalue weighted by atomic mass is 16.4. The van der Waals surface area contributed by atoms with Crippen molar-refractivity contribution in [2.24, 2.45) is 0 Å². The zero-order valence-corrected chi connectivity index (χ0v) is 5.19. The molecule has 4 nitrogen and oxygen atoms in total. The molecule has 10 heavy (non-hydrogen) atoms. The highest BCUT2D eigenvalue weighted by Crippen LogP contribution is 1.71. The summed E-state index contributed by atoms with van der Waals surface area (Å²) in [6.07, 6.45) is 4.34. The molecule has 0 unspecified atom stereocenters. The summed E-state index contributed by atoms with van der Waals surface area (Å²) in [5.41, 5.74) is 0.620. The van der Waals surface area contributed by atoms with Crippen molar-refractivity contribution >= 4 is 18.6 Å². The summed E-state index contributed by atoms with van der Waals surface area (Å²) < 4.78 is 0. The topological polar surface area (TPSA) is 63.1 Å². The van der Waals surface area contributed by atoms with Crippen LogP contribution in [0.15, 0.2) is 18.7 Å². The lowest BCUT2D eigenvalue weighted by Crippen LogP contribution is -2.22. The fourth-order valence-electron chi connectivity index (χ4n) is 0.596. The maximum Gasteiger partial charge on any atom is 0.296 e. The SMILES string of the molecule is O=C(O)Bc1cncnc1. The van der Waals surface area contributed by atoms with Gasteiger partial charge in [0.1, 0.15) is 6.33 Å². The summed E-state index contributed by atoms with van der Waals surface area (Å²) in [5, 5.41) is 8.31. The molecule has 1 rings (SSSR count). The molecule has 1 heterocycles. The van der Waals surface area contributed by atoms with Crippen molar-refractivity contribution in [3.8, 4) is 0 Å². The van der Waals surface area contributed by atoms with Crippen LogP contribution in [0.5, 0.6) is 0 Å². The van der Waals surface area contributed by atoms with E-state index in [4.69, 9.17) is 5.11 Å². The van der Waals surface area contributed by atoms with Crippen LogP contribution in [-0.4, -0.2) is 28.2 Å². The first kappa shape index (κ1) is 6.73. The second-order valence-electron chi connectivity index (χ2n) is 1.82. The summed E-state index contributed by atoms with van der Waals surface area (Å²) in [6, 6.07) is 0. The van der Waals surface area contributed by atoms with E-state index in [2.05, 4.69) is 9.97 Å². The van der Waals surface area contributed by atoms with Gasteiger partial charge in [-0.05, 0) is 5.46 Å². The Morgan fingerprint density at radius 3 is 2.60 bits per heavy atom. The number of aromatic nitrogens is 2. The molecule has 0 aromatic carbocycles. The molecule has 1 N–H and O–H groups in total. The Bertz CT molecular complexity index is 226. The van der Waals surface area contributed by atoms with E-state index in [-0.39, 0.29) is 7.28 Å². The molecule has 50 valence electrons. The fourth-order valence-corrected chi connectivity index (χ4v) is 0.596. The Hall–Kier alpha value is -1.39. The van der Waals surface area contributed by atoms with E-state index in [1.54, 1.807) is 0 Å². The fraction of sp³-hybridized carbons (Fsp3) is 0. The van der Waals surface area contributed by atoms with Crippen molar-refractivity contribution in [1.29, 1.82) is 0 Å². The number of nitrogens with zero attached hydrogens (tertiary/aromatic N) is 2. The van der Waals surface area contributed by atoms with Gasteiger partial charge in [0.15, 0.2) is 0 Å². The van der Waals surface area contributed by atoms with E-state index in [9.17, 15) is 4.79 Å². The van der Waals surface area contributed by atoms with Crippen molar-refractivity contribution in [3.63, 3.8) is 0 Å². The van der Waals surface area contributed by atoms with Gasteiger partial charge in [-0.2, -0.15) is 0 Å². The second kappa shape index (κ2) is 2.96. The predicted octanol–water partition coefficient (Wildman–Crippen LogP) is -0.784. The quantitative estimate of drug-likeness (QED) is 0.541. The second-order valence-corrected chi connectivity index (χ2v) is 1.82. The van der Waals surface area contributed by atoms with E-state index < -0.39 is 5.87 Å². The van der Waals surface area contributed by atoms with Gasteiger partial charge in [0, 0.05) is 12.4 Å². The van der Waals surface area contributed by atoms with Crippen LogP contribution in [0.4, 0.5) is 4.79 Å². The van der Waals surface area contributed by atoms with E-state index in [1.165, 1.54) is 18.7 Å². The number of rotatable bonds is 2. The minimum atomic E-state index is -0.866. The van der Waals surface area contributed by atoms with Crippen LogP contribution in [-0.2, 0) is 0 Å². The third-order valence-electron chi connectivity index (χ3n) is 0.969. The maximum atomic E-state index is 10.1. The molecule has 0 amide bonds. The molecule has 0 spiro atoms. The van der Waals surface area contributed by atoms with Crippen LogP contribution >= 0.6 is 0 Å². The van der Waals surface area contributed by atoms with Crippen LogP contribution in [0.1, 0.15) is 0 Å². The van der Waals surface area contributed by atoms with Gasteiger partial charge in [-0.3, -0.25) is 4.79 Å². The molecule has 0 aliphatic carbocycles. The monoisotopic (exact) mass is 136 g/mol. The first-order valence-corrected chi connectivity index (χ1v) is 2.74. The molecule has 0 saturated carbocycles. The zero-order chi connectivity index (χ0) is 7.40. The van der Waals surface area contributed by atoms with E-state index in [1.807, 2.05) is 0 Å². The molecule has 5 heteroatoms. The molecule has 0 saturated heterocycles. The maximum absolute atomic E-state index is 10.1. The van der Waals surface area contributed by atoms with Gasteiger partial charge in [-0.25, -0.2) is 9.97 Å². The molecule has 0 bridgehead atoms. The summed E-state index contributed by atoms with van der Waals surface area (Å²) in [4.78, 5) is 17.4. The highest BCUT2D eigenvalue weighted by Gasteiger charge is 2.02. The van der Waals surface area contributed by atoms with Gasteiger partial charge in [-0.1, -0.05) is 0 Å². The standard InChI is InChI=1S/C5H5BN2O2/c9-5(10)6-4-1-7-3-8-2-4/h1-3,6H,(H,9,10). The van der Waals surface area contributed by atoms with Gasteiger partial charge in [0.05, 0.1) is 0 Å². The first-order chi connectivity index (χ1) is 4.79. The number of carbonyl (C=O) groups is 1. The molecule has 1 aromatic rings. The third kappa shape index (κ3) is 1.85. The van der Waals surface area contributed by atoms with E-state index >= 15 is 0 Å². The van der Waals surface area contributed by atoms with Crippen molar-refractivity contribution in [2.75, 3.05) is 0 Å². The Balaban J connectivity index is 2.67. The van der Waals surface area contributed by atoms with Crippen LogP contribution in [0.25, 0.3) is 0 Å². The molecular weight excluding hydrogens is 131 g/mol. The third-order valence-corrected chi connectivity index (χ3v) is 0.969. The first-order valence-electron chi connectivity index (χ1n) is 2.74. The summed E-state index contributed by atoms with van der Waals surface area (Å²) in [7, 11) is -0.0131. The largest absolute Gasteiger partial charge is 0.489 e. The van der Waals surface area contributed by atoms with Gasteiger partial charge in [0.25, 0.3) is 13.1 Å². The molecule has 0 fully saturated rings. The van der Waals surface area contributed by atoms with Crippen molar-refractivity contribution in [3.05, 3.63) is 18.7 Å². The average Bonchev–Trinajstić information content (AvgIpc) is 1.88. The minimum Gasteiger partial charge on any atom is -0.489 e. The van der Waals surface area contributed by atoms with Gasteiger partial charge < -0.3 is 5.11 Å². The van der Waals surface area contributed by atoms with Gasteiger partial charge in [0.2, 0.25) is 0 Å². The normalized spacial score (nSPS) is 8.80. The Labute approximate surface area is 58.2 Å². The molecule has 0 radical (unpaired) electrons. The number of hydrogen-bond acceptors (Lipinski definition) is 3. The Kier molecular flexibility index (Phi) is 1.99. The Morgan fingerprint density at radius 1 is 1.50 bits per heavy atom. The summed E-state index contributed by atoms with van der Waals surface area (Å²) in [6.45, 7) is 0. The molecule has 0 atom stereocenters. The highest BCUT2D eigenvalue weighted by molar-refractivity contribution is 6.82. The van der Waals surface area contributed by atoms with Crippen LogP contribution in [0, 0.1) is 0 Å². The van der Waals surface area contributed by atoms with Crippen molar-refractivity contribution in [2.45, 2.75) is 0 Å². The lowest BCUT2D eigenvalue weighted by Gasteiger charge is -1.89. The zero-order valence-electron chi connectivity index (χ0n) is 5.19. The van der Waals surface area contributed by atoms with E-state index in [0.717, 1.165) is 0 Å². The van der Waals surface area contributed by atoms with Crippen molar-refractivity contribution < 1.29 is 9.90 Å². The van der Waals surface area contributed by atoms with Crippen molar-refractivity contribution in [1.82, 2.24) is 9.97 Å². The number of hydrogen-bond donors (Lipinski definition) is 1. The lowest BCUT2D eigenvalue weighted by atomic mass is 9.72.